The van der Waals surface area contributed by atoms with Crippen LogP contribution in [0.3, 0.4) is 0 Å². The molecule has 0 aliphatic carbocycles. The molecule has 0 unspecified atom stereocenters. The molecule has 0 aliphatic rings. The fourth-order valence-corrected chi connectivity index (χ4v) is 7.79. The van der Waals surface area contributed by atoms with Crippen molar-refractivity contribution in [3.8, 4) is 34.2 Å². The Labute approximate surface area is 267 Å². The zero-order valence-corrected chi connectivity index (χ0v) is 25.3. The second-order valence-electron chi connectivity index (χ2n) is 11.7. The average molecular weight is 606 g/mol. The van der Waals surface area contributed by atoms with Crippen molar-refractivity contribution < 1.29 is 4.42 Å². The molecule has 10 aromatic rings. The van der Waals surface area contributed by atoms with Crippen molar-refractivity contribution in [2.75, 3.05) is 0 Å². The van der Waals surface area contributed by atoms with Crippen LogP contribution in [0.15, 0.2) is 144 Å². The Kier molecular flexibility index (Phi) is 5.41. The predicted octanol–water partition coefficient (Wildman–Crippen LogP) is 11.4. The number of hydrogen-bond acceptors (Lipinski definition) is 5. The Hall–Kier alpha value is -5.91. The van der Waals surface area contributed by atoms with E-state index < -0.39 is 0 Å². The van der Waals surface area contributed by atoms with Gasteiger partial charge in [0.05, 0.1) is 0 Å². The Bertz CT molecular complexity index is 2830. The van der Waals surface area contributed by atoms with Gasteiger partial charge in [-0.3, -0.25) is 0 Å². The second kappa shape index (κ2) is 9.80. The van der Waals surface area contributed by atoms with Gasteiger partial charge in [0.15, 0.2) is 17.5 Å². The minimum absolute atomic E-state index is 0.617. The lowest BCUT2D eigenvalue weighted by Crippen LogP contribution is -2.00. The van der Waals surface area contributed by atoms with E-state index in [1.807, 2.05) is 12.1 Å². The van der Waals surface area contributed by atoms with Crippen molar-refractivity contribution in [3.05, 3.63) is 140 Å². The van der Waals surface area contributed by atoms with Crippen LogP contribution in [0.1, 0.15) is 0 Å². The van der Waals surface area contributed by atoms with Crippen LogP contribution in [-0.2, 0) is 0 Å². The fourth-order valence-electron chi connectivity index (χ4n) is 6.65. The van der Waals surface area contributed by atoms with Crippen molar-refractivity contribution >= 4 is 75.0 Å². The van der Waals surface area contributed by atoms with Crippen LogP contribution in [0.4, 0.5) is 0 Å². The molecule has 10 rings (SSSR count). The smallest absolute Gasteiger partial charge is 0.164 e. The molecule has 7 aromatic carbocycles. The van der Waals surface area contributed by atoms with Gasteiger partial charge in [-0.05, 0) is 57.9 Å². The minimum Gasteiger partial charge on any atom is -0.456 e. The molecule has 3 aromatic heterocycles. The molecule has 5 heteroatoms. The average Bonchev–Trinajstić information content (AvgIpc) is 3.67. The van der Waals surface area contributed by atoms with E-state index in [9.17, 15) is 0 Å². The molecular formula is C41H23N3OS. The minimum atomic E-state index is 0.617. The van der Waals surface area contributed by atoms with Gasteiger partial charge in [0.25, 0.3) is 0 Å². The molecule has 0 saturated heterocycles. The van der Waals surface area contributed by atoms with Gasteiger partial charge < -0.3 is 4.42 Å². The van der Waals surface area contributed by atoms with Gasteiger partial charge in [-0.2, -0.15) is 0 Å². The number of thiophene rings is 1. The third-order valence-electron chi connectivity index (χ3n) is 8.88. The maximum Gasteiger partial charge on any atom is 0.164 e. The highest BCUT2D eigenvalue weighted by molar-refractivity contribution is 7.25. The van der Waals surface area contributed by atoms with E-state index in [0.717, 1.165) is 54.8 Å². The summed E-state index contributed by atoms with van der Waals surface area (Å²) in [4.78, 5) is 15.4. The van der Waals surface area contributed by atoms with Crippen LogP contribution < -0.4 is 0 Å². The molecule has 0 aliphatic heterocycles. The standard InChI is InChI=1S/C41H23N3OS/c1-2-9-25-20-28(17-16-24(25)8-1)39-42-40(29-18-19-31-30-12-5-6-15-36(30)46-37(31)23-29)44-41(43-39)32-13-7-14-34-38(32)33-21-26-10-3-4-11-27(26)22-35(33)45-34/h1-23H. The molecule has 0 saturated carbocycles. The largest absolute Gasteiger partial charge is 0.456 e. The third kappa shape index (κ3) is 3.96. The normalized spacial score (nSPS) is 11.9. The summed E-state index contributed by atoms with van der Waals surface area (Å²) in [5.74, 6) is 1.89. The van der Waals surface area contributed by atoms with Crippen molar-refractivity contribution in [2.45, 2.75) is 0 Å². The van der Waals surface area contributed by atoms with E-state index in [2.05, 4.69) is 127 Å². The lowest BCUT2D eigenvalue weighted by atomic mass is 10.0. The molecule has 0 radical (unpaired) electrons. The van der Waals surface area contributed by atoms with Gasteiger partial charge in [0.2, 0.25) is 0 Å². The topological polar surface area (TPSA) is 51.8 Å². The zero-order chi connectivity index (χ0) is 30.2. The molecule has 0 bridgehead atoms. The van der Waals surface area contributed by atoms with E-state index in [4.69, 9.17) is 19.4 Å². The summed E-state index contributed by atoms with van der Waals surface area (Å²) in [5.41, 5.74) is 4.48. The van der Waals surface area contributed by atoms with Gasteiger partial charge in [-0.1, -0.05) is 103 Å². The Morgan fingerprint density at radius 1 is 0.413 bits per heavy atom. The first-order valence-electron chi connectivity index (χ1n) is 15.3. The highest BCUT2D eigenvalue weighted by Gasteiger charge is 2.19. The Balaban J connectivity index is 1.23. The van der Waals surface area contributed by atoms with E-state index >= 15 is 0 Å². The molecule has 0 atom stereocenters. The molecule has 214 valence electrons. The maximum absolute atomic E-state index is 6.41. The van der Waals surface area contributed by atoms with E-state index in [1.54, 1.807) is 11.3 Å². The van der Waals surface area contributed by atoms with Crippen molar-refractivity contribution in [1.82, 2.24) is 15.0 Å². The summed E-state index contributed by atoms with van der Waals surface area (Å²) < 4.78 is 8.89. The maximum atomic E-state index is 6.41. The number of nitrogens with zero attached hydrogens (tertiary/aromatic N) is 3. The number of furan rings is 1. The molecule has 0 fully saturated rings. The van der Waals surface area contributed by atoms with Crippen molar-refractivity contribution in [3.63, 3.8) is 0 Å². The molecule has 0 N–H and O–H groups in total. The van der Waals surface area contributed by atoms with Gasteiger partial charge in [0, 0.05) is 47.6 Å². The van der Waals surface area contributed by atoms with Crippen LogP contribution >= 0.6 is 11.3 Å². The first kappa shape index (κ1) is 25.4. The van der Waals surface area contributed by atoms with Gasteiger partial charge in [0.1, 0.15) is 11.2 Å². The number of fused-ring (bicyclic) bond motifs is 8. The number of benzene rings is 7. The summed E-state index contributed by atoms with van der Waals surface area (Å²) in [6.45, 7) is 0. The van der Waals surface area contributed by atoms with E-state index in [1.165, 1.54) is 25.6 Å². The van der Waals surface area contributed by atoms with E-state index in [0.29, 0.717) is 17.5 Å². The Morgan fingerprint density at radius 2 is 1.07 bits per heavy atom. The number of hydrogen-bond donors (Lipinski definition) is 0. The molecule has 46 heavy (non-hydrogen) atoms. The van der Waals surface area contributed by atoms with E-state index in [-0.39, 0.29) is 0 Å². The summed E-state index contributed by atoms with van der Waals surface area (Å²) in [7, 11) is 0. The highest BCUT2D eigenvalue weighted by Crippen LogP contribution is 2.39. The van der Waals surface area contributed by atoms with Crippen LogP contribution in [0, 0.1) is 0 Å². The molecular weight excluding hydrogens is 583 g/mol. The van der Waals surface area contributed by atoms with Crippen molar-refractivity contribution in [2.24, 2.45) is 0 Å². The first-order chi connectivity index (χ1) is 22.7. The molecule has 4 nitrogen and oxygen atoms in total. The molecule has 0 amide bonds. The van der Waals surface area contributed by atoms with Gasteiger partial charge in [-0.15, -0.1) is 11.3 Å². The summed E-state index contributed by atoms with van der Waals surface area (Å²) in [5, 5.41) is 9.20. The SMILES string of the molecule is c1ccc2cc(-c3nc(-c4ccc5c(c4)sc4ccccc45)nc(-c4cccc5oc6cc7ccccc7cc6c45)n3)ccc2c1. The quantitative estimate of drug-likeness (QED) is 0.201. The first-order valence-corrected chi connectivity index (χ1v) is 16.1. The second-order valence-corrected chi connectivity index (χ2v) is 12.7. The molecule has 3 heterocycles. The van der Waals surface area contributed by atoms with Crippen LogP contribution in [-0.4, -0.2) is 15.0 Å². The summed E-state index contributed by atoms with van der Waals surface area (Å²) in [6, 6.07) is 48.7. The van der Waals surface area contributed by atoms with Crippen molar-refractivity contribution in [1.29, 1.82) is 0 Å². The molecule has 0 spiro atoms. The number of aromatic nitrogens is 3. The van der Waals surface area contributed by atoms with Crippen LogP contribution in [0.25, 0.3) is 97.8 Å². The monoisotopic (exact) mass is 605 g/mol. The third-order valence-corrected chi connectivity index (χ3v) is 10.0. The van der Waals surface area contributed by atoms with Crippen LogP contribution in [0.5, 0.6) is 0 Å². The lowest BCUT2D eigenvalue weighted by molar-refractivity contribution is 0.669. The van der Waals surface area contributed by atoms with Crippen LogP contribution in [0.2, 0.25) is 0 Å². The van der Waals surface area contributed by atoms with Gasteiger partial charge in [-0.25, -0.2) is 15.0 Å². The zero-order valence-electron chi connectivity index (χ0n) is 24.4. The highest BCUT2D eigenvalue weighted by atomic mass is 32.1. The predicted molar refractivity (Wildman–Crippen MR) is 191 cm³/mol. The Morgan fingerprint density at radius 3 is 1.91 bits per heavy atom. The lowest BCUT2D eigenvalue weighted by Gasteiger charge is -2.10. The summed E-state index contributed by atoms with van der Waals surface area (Å²) >= 11 is 1.79. The summed E-state index contributed by atoms with van der Waals surface area (Å²) in [6.07, 6.45) is 0. The fraction of sp³-hybridized carbons (Fsp3) is 0. The number of rotatable bonds is 3. The van der Waals surface area contributed by atoms with Gasteiger partial charge >= 0.3 is 0 Å².